The van der Waals surface area contributed by atoms with Crippen molar-refractivity contribution < 1.29 is 0 Å². The minimum atomic E-state index is -0.0440. The van der Waals surface area contributed by atoms with E-state index in [0.717, 1.165) is 5.84 Å². The number of rotatable bonds is 1. The van der Waals surface area contributed by atoms with E-state index in [0.29, 0.717) is 0 Å². The number of halogens is 1. The largest absolute Gasteiger partial charge is 0.376 e. The summed E-state index contributed by atoms with van der Waals surface area (Å²) in [7, 11) is 3.58. The van der Waals surface area contributed by atoms with Crippen molar-refractivity contribution in [2.24, 2.45) is 10.4 Å². The molecule has 0 bridgehead atoms. The number of hydrogen-bond donors (Lipinski definition) is 1. The van der Waals surface area contributed by atoms with Crippen molar-refractivity contribution in [3.63, 3.8) is 0 Å². The molecule has 3 heteroatoms. The summed E-state index contributed by atoms with van der Waals surface area (Å²) in [5, 5.41) is 2.93. The van der Waals surface area contributed by atoms with Crippen LogP contribution in [0, 0.1) is 5.41 Å². The van der Waals surface area contributed by atoms with Crippen molar-refractivity contribution in [2.45, 2.75) is 26.1 Å². The highest BCUT2D eigenvalue weighted by molar-refractivity contribution is 6.32. The van der Waals surface area contributed by atoms with Gasteiger partial charge in [-0.05, 0) is 5.41 Å². The van der Waals surface area contributed by atoms with Gasteiger partial charge in [-0.3, -0.25) is 4.99 Å². The first-order chi connectivity index (χ1) is 4.93. The summed E-state index contributed by atoms with van der Waals surface area (Å²) in [4.78, 5) is 4.05. The van der Waals surface area contributed by atoms with E-state index in [1.165, 1.54) is 0 Å². The van der Waals surface area contributed by atoms with Crippen LogP contribution in [0.2, 0.25) is 0 Å². The first-order valence-corrected chi connectivity index (χ1v) is 4.15. The Hall–Kier alpha value is -0.240. The van der Waals surface area contributed by atoms with Crippen LogP contribution in [-0.2, 0) is 0 Å². The van der Waals surface area contributed by atoms with Crippen molar-refractivity contribution >= 4 is 17.4 Å². The molecule has 0 spiro atoms. The molecule has 0 amide bonds. The SMILES string of the molecule is CN=C(NC)[C@@H](Cl)C(C)(C)C. The van der Waals surface area contributed by atoms with Crippen LogP contribution in [0.5, 0.6) is 0 Å². The van der Waals surface area contributed by atoms with Gasteiger partial charge in [-0.2, -0.15) is 0 Å². The van der Waals surface area contributed by atoms with Crippen molar-refractivity contribution in [3.8, 4) is 0 Å². The Balaban J connectivity index is 4.34. The topological polar surface area (TPSA) is 24.4 Å². The van der Waals surface area contributed by atoms with Crippen LogP contribution < -0.4 is 5.32 Å². The zero-order valence-electron chi connectivity index (χ0n) is 7.90. The van der Waals surface area contributed by atoms with Gasteiger partial charge in [0, 0.05) is 14.1 Å². The quantitative estimate of drug-likeness (QED) is 0.368. The predicted octanol–water partition coefficient (Wildman–Crippen LogP) is 1.89. The average Bonchev–Trinajstić information content (AvgIpc) is 1.88. The second-order valence-electron chi connectivity index (χ2n) is 3.59. The smallest absolute Gasteiger partial charge is 0.114 e. The number of amidine groups is 1. The Morgan fingerprint density at radius 3 is 2.00 bits per heavy atom. The maximum atomic E-state index is 6.13. The van der Waals surface area contributed by atoms with Gasteiger partial charge in [-0.25, -0.2) is 0 Å². The monoisotopic (exact) mass is 176 g/mol. The molecule has 2 nitrogen and oxygen atoms in total. The standard InChI is InChI=1S/C8H17ClN2/c1-8(2,3)6(9)7(10-4)11-5/h6H,1-5H3,(H,10,11)/t6-/m1/s1. The van der Waals surface area contributed by atoms with E-state index in [9.17, 15) is 0 Å². The zero-order valence-corrected chi connectivity index (χ0v) is 8.66. The highest BCUT2D eigenvalue weighted by Gasteiger charge is 2.26. The first-order valence-electron chi connectivity index (χ1n) is 3.72. The van der Waals surface area contributed by atoms with Crippen molar-refractivity contribution in [1.82, 2.24) is 5.32 Å². The van der Waals surface area contributed by atoms with Gasteiger partial charge in [0.05, 0.1) is 5.38 Å². The summed E-state index contributed by atoms with van der Waals surface area (Å²) >= 11 is 6.13. The summed E-state index contributed by atoms with van der Waals surface area (Å²) in [5.41, 5.74) is 0.0550. The lowest BCUT2D eigenvalue weighted by Gasteiger charge is -2.25. The Kier molecular flexibility index (Phi) is 3.87. The summed E-state index contributed by atoms with van der Waals surface area (Å²) in [6.07, 6.45) is 0. The van der Waals surface area contributed by atoms with E-state index in [2.05, 4.69) is 31.1 Å². The molecule has 0 unspecified atom stereocenters. The molecule has 0 rings (SSSR count). The fourth-order valence-corrected chi connectivity index (χ4v) is 0.969. The van der Waals surface area contributed by atoms with Gasteiger partial charge in [0.15, 0.2) is 0 Å². The van der Waals surface area contributed by atoms with Crippen molar-refractivity contribution in [1.29, 1.82) is 0 Å². The van der Waals surface area contributed by atoms with E-state index >= 15 is 0 Å². The van der Waals surface area contributed by atoms with Gasteiger partial charge in [0.25, 0.3) is 0 Å². The Morgan fingerprint density at radius 1 is 1.45 bits per heavy atom. The number of nitrogens with one attached hydrogen (secondary N) is 1. The summed E-state index contributed by atoms with van der Waals surface area (Å²) < 4.78 is 0. The third kappa shape index (κ3) is 3.10. The summed E-state index contributed by atoms with van der Waals surface area (Å²) in [5.74, 6) is 0.846. The van der Waals surface area contributed by atoms with E-state index in [1.54, 1.807) is 7.05 Å². The van der Waals surface area contributed by atoms with E-state index < -0.39 is 0 Å². The molecule has 0 heterocycles. The molecule has 0 saturated heterocycles. The van der Waals surface area contributed by atoms with Gasteiger partial charge in [-0.15, -0.1) is 11.6 Å². The Labute approximate surface area is 74.0 Å². The van der Waals surface area contributed by atoms with Crippen LogP contribution in [0.25, 0.3) is 0 Å². The molecule has 1 atom stereocenters. The first kappa shape index (κ1) is 10.8. The molecule has 0 aromatic rings. The fraction of sp³-hybridized carbons (Fsp3) is 0.875. The van der Waals surface area contributed by atoms with Gasteiger partial charge in [0.1, 0.15) is 5.84 Å². The van der Waals surface area contributed by atoms with Crippen LogP contribution in [0.1, 0.15) is 20.8 Å². The van der Waals surface area contributed by atoms with Crippen LogP contribution in [0.15, 0.2) is 4.99 Å². The number of alkyl halides is 1. The van der Waals surface area contributed by atoms with Gasteiger partial charge in [-0.1, -0.05) is 20.8 Å². The molecular formula is C8H17ClN2. The third-order valence-corrected chi connectivity index (χ3v) is 2.36. The average molecular weight is 177 g/mol. The van der Waals surface area contributed by atoms with Crippen LogP contribution in [0.4, 0.5) is 0 Å². The molecule has 0 aromatic heterocycles. The van der Waals surface area contributed by atoms with E-state index in [-0.39, 0.29) is 10.8 Å². The minimum Gasteiger partial charge on any atom is -0.376 e. The highest BCUT2D eigenvalue weighted by Crippen LogP contribution is 2.24. The molecule has 0 saturated carbocycles. The second kappa shape index (κ2) is 3.96. The molecule has 1 N–H and O–H groups in total. The van der Waals surface area contributed by atoms with Crippen LogP contribution in [0.3, 0.4) is 0 Å². The highest BCUT2D eigenvalue weighted by atomic mass is 35.5. The molecule has 0 aliphatic heterocycles. The lowest BCUT2D eigenvalue weighted by atomic mass is 9.91. The maximum absolute atomic E-state index is 6.13. The van der Waals surface area contributed by atoms with Crippen molar-refractivity contribution in [2.75, 3.05) is 14.1 Å². The molecular weight excluding hydrogens is 160 g/mol. The van der Waals surface area contributed by atoms with E-state index in [4.69, 9.17) is 11.6 Å². The van der Waals surface area contributed by atoms with E-state index in [1.807, 2.05) is 7.05 Å². The van der Waals surface area contributed by atoms with Crippen molar-refractivity contribution in [3.05, 3.63) is 0 Å². The zero-order chi connectivity index (χ0) is 9.07. The number of hydrogen-bond acceptors (Lipinski definition) is 1. The molecule has 0 fully saturated rings. The second-order valence-corrected chi connectivity index (χ2v) is 4.02. The molecule has 66 valence electrons. The Bertz CT molecular complexity index is 147. The summed E-state index contributed by atoms with van der Waals surface area (Å²) in [6, 6.07) is 0. The predicted molar refractivity (Wildman–Crippen MR) is 51.5 cm³/mol. The normalized spacial score (nSPS) is 16.4. The minimum absolute atomic E-state index is 0.0440. The maximum Gasteiger partial charge on any atom is 0.114 e. The fourth-order valence-electron chi connectivity index (χ4n) is 0.762. The molecule has 0 aliphatic carbocycles. The molecule has 0 aromatic carbocycles. The van der Waals surface area contributed by atoms with Crippen LogP contribution >= 0.6 is 11.6 Å². The third-order valence-electron chi connectivity index (χ3n) is 1.50. The van der Waals surface area contributed by atoms with Crippen LogP contribution in [-0.4, -0.2) is 25.3 Å². The Morgan fingerprint density at radius 2 is 1.91 bits per heavy atom. The summed E-state index contributed by atoms with van der Waals surface area (Å²) in [6.45, 7) is 6.27. The number of aliphatic imine (C=N–C) groups is 1. The molecule has 0 aliphatic rings. The van der Waals surface area contributed by atoms with Gasteiger partial charge >= 0.3 is 0 Å². The molecule has 11 heavy (non-hydrogen) atoms. The van der Waals surface area contributed by atoms with Gasteiger partial charge < -0.3 is 5.32 Å². The lowest BCUT2D eigenvalue weighted by molar-refractivity contribution is 0.436. The molecule has 0 radical (unpaired) electrons. The number of nitrogens with zero attached hydrogens (tertiary/aromatic N) is 1. The van der Waals surface area contributed by atoms with Gasteiger partial charge in [0.2, 0.25) is 0 Å². The lowest BCUT2D eigenvalue weighted by Crippen LogP contribution is -2.37.